The van der Waals surface area contributed by atoms with E-state index in [1.807, 2.05) is 45.2 Å². The largest absolute Gasteiger partial charge is 0.466 e. The van der Waals surface area contributed by atoms with E-state index < -0.39 is 0 Å². The Balaban J connectivity index is 2.58. The number of anilines is 1. The molecule has 0 amide bonds. The Labute approximate surface area is 96.8 Å². The second kappa shape index (κ2) is 6.16. The number of carbonyl (C=O) groups excluding carboxylic acids is 1. The molecule has 0 aromatic heterocycles. The fourth-order valence-electron chi connectivity index (χ4n) is 1.57. The standard InChI is InChI=1S/C13H19NO2/c1-4-16-13(15)9-10(2)11-5-7-12(14-3)8-6-11/h5-8,10,14H,4,9H2,1-3H3. The predicted octanol–water partition coefficient (Wildman–Crippen LogP) is 2.79. The van der Waals surface area contributed by atoms with E-state index in [-0.39, 0.29) is 11.9 Å². The van der Waals surface area contributed by atoms with Crippen molar-refractivity contribution in [2.24, 2.45) is 0 Å². The summed E-state index contributed by atoms with van der Waals surface area (Å²) < 4.78 is 4.93. The molecule has 16 heavy (non-hydrogen) atoms. The first-order valence-corrected chi connectivity index (χ1v) is 5.60. The molecular formula is C13H19NO2. The van der Waals surface area contributed by atoms with Gasteiger partial charge in [-0.1, -0.05) is 19.1 Å². The quantitative estimate of drug-likeness (QED) is 0.777. The van der Waals surface area contributed by atoms with Crippen LogP contribution in [0.15, 0.2) is 24.3 Å². The van der Waals surface area contributed by atoms with E-state index in [9.17, 15) is 4.79 Å². The van der Waals surface area contributed by atoms with Gasteiger partial charge < -0.3 is 10.1 Å². The third-order valence-electron chi connectivity index (χ3n) is 2.55. The molecule has 1 atom stereocenters. The van der Waals surface area contributed by atoms with Crippen molar-refractivity contribution >= 4 is 11.7 Å². The van der Waals surface area contributed by atoms with E-state index in [4.69, 9.17) is 4.74 Å². The highest BCUT2D eigenvalue weighted by atomic mass is 16.5. The molecule has 0 saturated carbocycles. The topological polar surface area (TPSA) is 38.3 Å². The average molecular weight is 221 g/mol. The van der Waals surface area contributed by atoms with Gasteiger partial charge in [0.1, 0.15) is 0 Å². The molecule has 0 bridgehead atoms. The summed E-state index contributed by atoms with van der Waals surface area (Å²) in [5.74, 6) is 0.0673. The van der Waals surface area contributed by atoms with Gasteiger partial charge in [-0.2, -0.15) is 0 Å². The van der Waals surface area contributed by atoms with Crippen molar-refractivity contribution < 1.29 is 9.53 Å². The monoisotopic (exact) mass is 221 g/mol. The summed E-state index contributed by atoms with van der Waals surface area (Å²) in [4.78, 5) is 11.3. The molecule has 1 aromatic carbocycles. The second-order valence-electron chi connectivity index (χ2n) is 3.78. The minimum absolute atomic E-state index is 0.132. The van der Waals surface area contributed by atoms with Crippen LogP contribution in [-0.2, 0) is 9.53 Å². The van der Waals surface area contributed by atoms with Crippen molar-refractivity contribution in [3.05, 3.63) is 29.8 Å². The molecule has 0 heterocycles. The van der Waals surface area contributed by atoms with E-state index >= 15 is 0 Å². The maximum atomic E-state index is 11.3. The SMILES string of the molecule is CCOC(=O)CC(C)c1ccc(NC)cc1. The Kier molecular flexibility index (Phi) is 4.83. The first-order chi connectivity index (χ1) is 7.67. The van der Waals surface area contributed by atoms with Gasteiger partial charge in [0, 0.05) is 12.7 Å². The zero-order chi connectivity index (χ0) is 12.0. The van der Waals surface area contributed by atoms with Crippen LogP contribution >= 0.6 is 0 Å². The first-order valence-electron chi connectivity index (χ1n) is 5.60. The van der Waals surface area contributed by atoms with Crippen molar-refractivity contribution in [3.8, 4) is 0 Å². The van der Waals surface area contributed by atoms with Crippen molar-refractivity contribution in [1.29, 1.82) is 0 Å². The van der Waals surface area contributed by atoms with E-state index in [2.05, 4.69) is 5.32 Å². The van der Waals surface area contributed by atoms with Crippen LogP contribution in [0.3, 0.4) is 0 Å². The van der Waals surface area contributed by atoms with E-state index in [0.29, 0.717) is 13.0 Å². The lowest BCUT2D eigenvalue weighted by Gasteiger charge is -2.11. The number of carbonyl (C=O) groups is 1. The highest BCUT2D eigenvalue weighted by molar-refractivity contribution is 5.70. The Morgan fingerprint density at radius 2 is 2.00 bits per heavy atom. The van der Waals surface area contributed by atoms with Gasteiger partial charge >= 0.3 is 5.97 Å². The summed E-state index contributed by atoms with van der Waals surface area (Å²) in [6, 6.07) is 8.10. The van der Waals surface area contributed by atoms with Crippen LogP contribution in [0, 0.1) is 0 Å². The van der Waals surface area contributed by atoms with Crippen LogP contribution in [0.25, 0.3) is 0 Å². The lowest BCUT2D eigenvalue weighted by Crippen LogP contribution is -2.08. The van der Waals surface area contributed by atoms with Crippen LogP contribution in [-0.4, -0.2) is 19.6 Å². The molecule has 3 heteroatoms. The summed E-state index contributed by atoms with van der Waals surface area (Å²) in [6.07, 6.45) is 0.437. The Morgan fingerprint density at radius 3 is 2.50 bits per heavy atom. The minimum Gasteiger partial charge on any atom is -0.466 e. The summed E-state index contributed by atoms with van der Waals surface area (Å²) >= 11 is 0. The number of esters is 1. The molecule has 1 rings (SSSR count). The van der Waals surface area contributed by atoms with E-state index in [1.54, 1.807) is 0 Å². The van der Waals surface area contributed by atoms with Crippen LogP contribution < -0.4 is 5.32 Å². The number of hydrogen-bond acceptors (Lipinski definition) is 3. The molecule has 0 spiro atoms. The Hall–Kier alpha value is -1.51. The summed E-state index contributed by atoms with van der Waals surface area (Å²) in [5, 5.41) is 3.06. The van der Waals surface area contributed by atoms with Crippen LogP contribution in [0.4, 0.5) is 5.69 Å². The molecule has 0 radical (unpaired) electrons. The van der Waals surface area contributed by atoms with Crippen molar-refractivity contribution in [3.63, 3.8) is 0 Å². The van der Waals surface area contributed by atoms with Crippen molar-refractivity contribution in [1.82, 2.24) is 0 Å². The second-order valence-corrected chi connectivity index (χ2v) is 3.78. The summed E-state index contributed by atoms with van der Waals surface area (Å²) in [6.45, 7) is 4.31. The fraction of sp³-hybridized carbons (Fsp3) is 0.462. The first kappa shape index (κ1) is 12.6. The molecule has 0 aliphatic rings. The number of ether oxygens (including phenoxy) is 1. The maximum absolute atomic E-state index is 11.3. The lowest BCUT2D eigenvalue weighted by atomic mass is 9.98. The van der Waals surface area contributed by atoms with Gasteiger partial charge in [0.2, 0.25) is 0 Å². The van der Waals surface area contributed by atoms with Gasteiger partial charge in [0.15, 0.2) is 0 Å². The van der Waals surface area contributed by atoms with Gasteiger partial charge in [-0.3, -0.25) is 4.79 Å². The molecular weight excluding hydrogens is 202 g/mol. The van der Waals surface area contributed by atoms with Crippen LogP contribution in [0.2, 0.25) is 0 Å². The predicted molar refractivity (Wildman–Crippen MR) is 65.7 cm³/mol. The minimum atomic E-state index is -0.132. The molecule has 1 aromatic rings. The van der Waals surface area contributed by atoms with Gasteiger partial charge in [-0.05, 0) is 30.5 Å². The highest BCUT2D eigenvalue weighted by Gasteiger charge is 2.11. The van der Waals surface area contributed by atoms with Gasteiger partial charge in [-0.25, -0.2) is 0 Å². The fourth-order valence-corrected chi connectivity index (χ4v) is 1.57. The highest BCUT2D eigenvalue weighted by Crippen LogP contribution is 2.21. The molecule has 88 valence electrons. The maximum Gasteiger partial charge on any atom is 0.306 e. The molecule has 3 nitrogen and oxygen atoms in total. The van der Waals surface area contributed by atoms with Gasteiger partial charge in [0.25, 0.3) is 0 Å². The molecule has 0 saturated heterocycles. The van der Waals surface area contributed by atoms with Gasteiger partial charge in [-0.15, -0.1) is 0 Å². The zero-order valence-electron chi connectivity index (χ0n) is 10.1. The molecule has 0 fully saturated rings. The average Bonchev–Trinajstić information content (AvgIpc) is 2.29. The number of hydrogen-bond donors (Lipinski definition) is 1. The van der Waals surface area contributed by atoms with Gasteiger partial charge in [0.05, 0.1) is 13.0 Å². The molecule has 1 N–H and O–H groups in total. The zero-order valence-corrected chi connectivity index (χ0v) is 10.1. The van der Waals surface area contributed by atoms with E-state index in [1.165, 1.54) is 0 Å². The van der Waals surface area contributed by atoms with E-state index in [0.717, 1.165) is 11.3 Å². The number of benzene rings is 1. The van der Waals surface area contributed by atoms with Crippen molar-refractivity contribution in [2.45, 2.75) is 26.2 Å². The third kappa shape index (κ3) is 3.57. The Morgan fingerprint density at radius 1 is 1.38 bits per heavy atom. The molecule has 1 unspecified atom stereocenters. The molecule has 0 aliphatic carbocycles. The number of rotatable bonds is 5. The van der Waals surface area contributed by atoms with Crippen LogP contribution in [0.5, 0.6) is 0 Å². The Bertz CT molecular complexity index is 332. The smallest absolute Gasteiger partial charge is 0.306 e. The third-order valence-corrected chi connectivity index (χ3v) is 2.55. The summed E-state index contributed by atoms with van der Waals surface area (Å²) in [5.41, 5.74) is 2.24. The molecule has 0 aliphatic heterocycles. The normalized spacial score (nSPS) is 11.9. The number of nitrogens with one attached hydrogen (secondary N) is 1. The summed E-state index contributed by atoms with van der Waals surface area (Å²) in [7, 11) is 1.89. The lowest BCUT2D eigenvalue weighted by molar-refractivity contribution is -0.143. The van der Waals surface area contributed by atoms with Crippen molar-refractivity contribution in [2.75, 3.05) is 19.0 Å². The van der Waals surface area contributed by atoms with Crippen LogP contribution in [0.1, 0.15) is 31.7 Å².